The number of hydrogen-bond donors (Lipinski definition) is 0. The van der Waals surface area contributed by atoms with Crippen molar-refractivity contribution in [1.82, 2.24) is 0 Å². The number of Topliss-reactive ketones (excluding diaryl/α,β-unsaturated/α-hetero) is 1. The number of amides is 1. The maximum Gasteiger partial charge on any atom is 0.242 e. The molecule has 2 aromatic carbocycles. The smallest absolute Gasteiger partial charge is 0.242 e. The SMILES string of the molecule is CC(=O)C1CN(C(=O)CCl)c2c(ccc3ccccc23)O1. The summed E-state index contributed by atoms with van der Waals surface area (Å²) in [5.41, 5.74) is 0.691. The van der Waals surface area contributed by atoms with Gasteiger partial charge in [-0.15, -0.1) is 11.6 Å². The zero-order chi connectivity index (χ0) is 15.0. The highest BCUT2D eigenvalue weighted by Gasteiger charge is 2.32. The summed E-state index contributed by atoms with van der Waals surface area (Å²) in [4.78, 5) is 25.4. The van der Waals surface area contributed by atoms with Crippen molar-refractivity contribution in [2.24, 2.45) is 0 Å². The van der Waals surface area contributed by atoms with Gasteiger partial charge in [-0.2, -0.15) is 0 Å². The Morgan fingerprint density at radius 1 is 1.29 bits per heavy atom. The Hall–Kier alpha value is -2.07. The number of alkyl halides is 1. The van der Waals surface area contributed by atoms with E-state index in [2.05, 4.69) is 0 Å². The summed E-state index contributed by atoms with van der Waals surface area (Å²) in [7, 11) is 0. The Morgan fingerprint density at radius 3 is 2.76 bits per heavy atom. The number of carbonyl (C=O) groups excluding carboxylic acids is 2. The summed E-state index contributed by atoms with van der Waals surface area (Å²) < 4.78 is 5.74. The molecule has 0 N–H and O–H groups in total. The molecular weight excluding hydrogens is 290 g/mol. The van der Waals surface area contributed by atoms with Gasteiger partial charge >= 0.3 is 0 Å². The second-order valence-electron chi connectivity index (χ2n) is 4.99. The first kappa shape index (κ1) is 13.9. The zero-order valence-electron chi connectivity index (χ0n) is 11.5. The predicted molar refractivity (Wildman–Crippen MR) is 82.1 cm³/mol. The van der Waals surface area contributed by atoms with Crippen LogP contribution in [-0.4, -0.2) is 30.2 Å². The minimum atomic E-state index is -0.647. The van der Waals surface area contributed by atoms with Crippen molar-refractivity contribution in [3.63, 3.8) is 0 Å². The van der Waals surface area contributed by atoms with Gasteiger partial charge < -0.3 is 9.64 Å². The first-order chi connectivity index (χ1) is 10.1. The zero-order valence-corrected chi connectivity index (χ0v) is 12.3. The summed E-state index contributed by atoms with van der Waals surface area (Å²) >= 11 is 5.71. The number of halogens is 1. The fourth-order valence-electron chi connectivity index (χ4n) is 2.57. The van der Waals surface area contributed by atoms with Crippen molar-refractivity contribution in [3.05, 3.63) is 36.4 Å². The quantitative estimate of drug-likeness (QED) is 0.802. The molecule has 2 aromatic rings. The summed E-state index contributed by atoms with van der Waals surface area (Å²) in [6.07, 6.45) is -0.647. The molecule has 0 spiro atoms. The summed E-state index contributed by atoms with van der Waals surface area (Å²) in [6, 6.07) is 11.4. The van der Waals surface area contributed by atoms with E-state index in [0.717, 1.165) is 10.8 Å². The van der Waals surface area contributed by atoms with E-state index in [1.165, 1.54) is 6.92 Å². The Kier molecular flexibility index (Phi) is 3.55. The van der Waals surface area contributed by atoms with Gasteiger partial charge in [0.05, 0.1) is 12.2 Å². The van der Waals surface area contributed by atoms with E-state index in [9.17, 15) is 9.59 Å². The minimum Gasteiger partial charge on any atom is -0.479 e. The van der Waals surface area contributed by atoms with Gasteiger partial charge in [-0.05, 0) is 18.4 Å². The molecule has 0 bridgehead atoms. The van der Waals surface area contributed by atoms with Crippen LogP contribution in [0, 0.1) is 0 Å². The van der Waals surface area contributed by atoms with Gasteiger partial charge in [0.2, 0.25) is 5.91 Å². The number of ketones is 1. The van der Waals surface area contributed by atoms with Gasteiger partial charge in [-0.1, -0.05) is 30.3 Å². The molecule has 5 heteroatoms. The molecule has 21 heavy (non-hydrogen) atoms. The van der Waals surface area contributed by atoms with Crippen LogP contribution < -0.4 is 9.64 Å². The Bertz CT molecular complexity index is 729. The lowest BCUT2D eigenvalue weighted by atomic mass is 10.0. The molecule has 0 radical (unpaired) electrons. The number of anilines is 1. The second-order valence-corrected chi connectivity index (χ2v) is 5.26. The van der Waals surface area contributed by atoms with E-state index in [1.54, 1.807) is 11.0 Å². The number of rotatable bonds is 2. The van der Waals surface area contributed by atoms with Crippen molar-refractivity contribution in [2.45, 2.75) is 13.0 Å². The summed E-state index contributed by atoms with van der Waals surface area (Å²) in [5, 5.41) is 1.92. The third-order valence-corrected chi connectivity index (χ3v) is 3.85. The Labute approximate surface area is 127 Å². The van der Waals surface area contributed by atoms with E-state index in [1.807, 2.05) is 30.3 Å². The van der Waals surface area contributed by atoms with Gasteiger partial charge in [0.25, 0.3) is 0 Å². The van der Waals surface area contributed by atoms with Crippen LogP contribution in [-0.2, 0) is 9.59 Å². The molecule has 1 atom stereocenters. The molecular formula is C16H14ClNO3. The number of carbonyl (C=O) groups is 2. The van der Waals surface area contributed by atoms with Crippen LogP contribution in [0.5, 0.6) is 5.75 Å². The van der Waals surface area contributed by atoms with E-state index in [0.29, 0.717) is 11.4 Å². The summed E-state index contributed by atoms with van der Waals surface area (Å²) in [6.45, 7) is 1.65. The van der Waals surface area contributed by atoms with E-state index in [4.69, 9.17) is 16.3 Å². The third kappa shape index (κ3) is 2.36. The second kappa shape index (κ2) is 5.37. The molecule has 0 aliphatic carbocycles. The van der Waals surface area contributed by atoms with Gasteiger partial charge in [0, 0.05) is 5.39 Å². The fourth-order valence-corrected chi connectivity index (χ4v) is 2.71. The average Bonchev–Trinajstić information content (AvgIpc) is 2.52. The van der Waals surface area contributed by atoms with Crippen LogP contribution in [0.4, 0.5) is 5.69 Å². The molecule has 1 aliphatic heterocycles. The summed E-state index contributed by atoms with van der Waals surface area (Å²) in [5.74, 6) is 0.0661. The number of nitrogens with zero attached hydrogens (tertiary/aromatic N) is 1. The van der Waals surface area contributed by atoms with Gasteiger partial charge in [-0.3, -0.25) is 9.59 Å². The maximum absolute atomic E-state index is 12.2. The number of benzene rings is 2. The number of hydrogen-bond acceptors (Lipinski definition) is 3. The van der Waals surface area contributed by atoms with Gasteiger partial charge in [-0.25, -0.2) is 0 Å². The minimum absolute atomic E-state index is 0.110. The maximum atomic E-state index is 12.2. The van der Waals surface area contributed by atoms with Crippen LogP contribution in [0.25, 0.3) is 10.8 Å². The Morgan fingerprint density at radius 2 is 2.05 bits per heavy atom. The van der Waals surface area contributed by atoms with Crippen LogP contribution in [0.1, 0.15) is 6.92 Å². The lowest BCUT2D eigenvalue weighted by Gasteiger charge is -2.34. The first-order valence-corrected chi connectivity index (χ1v) is 7.20. The van der Waals surface area contributed by atoms with Gasteiger partial charge in [0.15, 0.2) is 11.9 Å². The Balaban J connectivity index is 2.21. The predicted octanol–water partition coefficient (Wildman–Crippen LogP) is 2.76. The normalized spacial score (nSPS) is 17.2. The lowest BCUT2D eigenvalue weighted by molar-refractivity contribution is -0.124. The molecule has 1 heterocycles. The molecule has 0 saturated carbocycles. The van der Waals surface area contributed by atoms with Crippen LogP contribution in [0.2, 0.25) is 0 Å². The standard InChI is InChI=1S/C16H14ClNO3/c1-10(19)14-9-18(15(20)8-17)16-12-5-3-2-4-11(12)6-7-13(16)21-14/h2-7,14H,8-9H2,1H3. The third-order valence-electron chi connectivity index (χ3n) is 3.62. The van der Waals surface area contributed by atoms with Crippen molar-refractivity contribution >= 4 is 39.8 Å². The van der Waals surface area contributed by atoms with Crippen molar-refractivity contribution in [1.29, 1.82) is 0 Å². The van der Waals surface area contributed by atoms with E-state index < -0.39 is 6.10 Å². The molecule has 3 rings (SSSR count). The molecule has 1 amide bonds. The molecule has 4 nitrogen and oxygen atoms in total. The highest BCUT2D eigenvalue weighted by molar-refractivity contribution is 6.30. The average molecular weight is 304 g/mol. The van der Waals surface area contributed by atoms with Gasteiger partial charge in [0.1, 0.15) is 11.6 Å². The molecule has 1 aliphatic rings. The molecule has 0 aromatic heterocycles. The molecule has 0 saturated heterocycles. The monoisotopic (exact) mass is 303 g/mol. The highest BCUT2D eigenvalue weighted by atomic mass is 35.5. The molecule has 1 unspecified atom stereocenters. The van der Waals surface area contributed by atoms with E-state index in [-0.39, 0.29) is 24.1 Å². The number of fused-ring (bicyclic) bond motifs is 3. The van der Waals surface area contributed by atoms with Crippen molar-refractivity contribution in [3.8, 4) is 5.75 Å². The van der Waals surface area contributed by atoms with Crippen LogP contribution in [0.3, 0.4) is 0 Å². The molecule has 0 fully saturated rings. The highest BCUT2D eigenvalue weighted by Crippen LogP contribution is 2.40. The lowest BCUT2D eigenvalue weighted by Crippen LogP contribution is -2.47. The topological polar surface area (TPSA) is 46.6 Å². The van der Waals surface area contributed by atoms with E-state index >= 15 is 0 Å². The van der Waals surface area contributed by atoms with Crippen LogP contribution in [0.15, 0.2) is 36.4 Å². The van der Waals surface area contributed by atoms with Crippen molar-refractivity contribution < 1.29 is 14.3 Å². The first-order valence-electron chi connectivity index (χ1n) is 6.67. The fraction of sp³-hybridized carbons (Fsp3) is 0.250. The molecule has 108 valence electrons. The van der Waals surface area contributed by atoms with Crippen molar-refractivity contribution in [2.75, 3.05) is 17.3 Å². The number of ether oxygens (including phenoxy) is 1. The van der Waals surface area contributed by atoms with Crippen LogP contribution >= 0.6 is 11.6 Å². The largest absolute Gasteiger partial charge is 0.479 e.